The number of rotatable bonds is 4. The quantitative estimate of drug-likeness (QED) is 0.689. The maximum absolute atomic E-state index is 11.6. The number of hydroxylamine groups is 1. The second-order valence-electron chi connectivity index (χ2n) is 4.97. The van der Waals surface area contributed by atoms with E-state index in [0.29, 0.717) is 17.9 Å². The number of carbonyl (C=O) groups is 1. The molecule has 1 heterocycles. The minimum atomic E-state index is -0.376. The molecule has 0 saturated carbocycles. The highest BCUT2D eigenvalue weighted by molar-refractivity contribution is 6.16. The van der Waals surface area contributed by atoms with Crippen molar-refractivity contribution in [2.75, 3.05) is 11.7 Å². The Balaban J connectivity index is 1.79. The molecule has 0 fully saturated rings. The van der Waals surface area contributed by atoms with Gasteiger partial charge in [-0.15, -0.1) is 0 Å². The maximum Gasteiger partial charge on any atom is 0.338 e. The number of hydrogen-bond acceptors (Lipinski definition) is 5. The van der Waals surface area contributed by atoms with E-state index in [1.54, 1.807) is 43.6 Å². The summed E-state index contributed by atoms with van der Waals surface area (Å²) in [6, 6.07) is 14.3. The highest BCUT2D eigenvalue weighted by Gasteiger charge is 2.13. The Morgan fingerprint density at radius 2 is 1.96 bits per heavy atom. The van der Waals surface area contributed by atoms with Gasteiger partial charge < -0.3 is 4.74 Å². The molecule has 5 heteroatoms. The average Bonchev–Trinajstić information content (AvgIpc) is 2.98. The molecule has 2 aromatic carbocycles. The Morgan fingerprint density at radius 3 is 2.70 bits per heavy atom. The van der Waals surface area contributed by atoms with Gasteiger partial charge in [0.1, 0.15) is 0 Å². The Kier molecular flexibility index (Phi) is 4.21. The third kappa shape index (κ3) is 3.14. The highest BCUT2D eigenvalue weighted by Crippen LogP contribution is 2.31. The van der Waals surface area contributed by atoms with Gasteiger partial charge in [0.2, 0.25) is 0 Å². The number of esters is 1. The number of fused-ring (bicyclic) bond motifs is 1. The third-order valence-corrected chi connectivity index (χ3v) is 3.46. The number of para-hydroxylation sites is 1. The predicted molar refractivity (Wildman–Crippen MR) is 89.2 cm³/mol. The van der Waals surface area contributed by atoms with Crippen molar-refractivity contribution in [1.82, 2.24) is 0 Å². The average molecular weight is 308 g/mol. The van der Waals surface area contributed by atoms with Crippen LogP contribution in [0.4, 0.5) is 11.4 Å². The van der Waals surface area contributed by atoms with E-state index in [4.69, 9.17) is 4.74 Å². The molecule has 0 aliphatic carbocycles. The van der Waals surface area contributed by atoms with Gasteiger partial charge in [0.15, 0.2) is 0 Å². The first-order valence-electron chi connectivity index (χ1n) is 7.29. The van der Waals surface area contributed by atoms with Gasteiger partial charge in [-0.25, -0.2) is 9.86 Å². The van der Waals surface area contributed by atoms with Gasteiger partial charge in [0, 0.05) is 23.6 Å². The van der Waals surface area contributed by atoms with Crippen molar-refractivity contribution in [3.63, 3.8) is 0 Å². The molecule has 0 spiro atoms. The number of anilines is 1. The standard InChI is InChI=1S/C18H16N2O3/c1-2-23-18(21)13-7-9-15(10-8-13)20(22)12-14-11-19-17-6-4-3-5-16(14)17/h3-12,22H,2H2,1H3/b14-12+. The van der Waals surface area contributed by atoms with Crippen LogP contribution < -0.4 is 5.06 Å². The summed E-state index contributed by atoms with van der Waals surface area (Å²) in [5, 5.41) is 11.2. The van der Waals surface area contributed by atoms with E-state index in [9.17, 15) is 10.0 Å². The monoisotopic (exact) mass is 308 g/mol. The molecule has 0 amide bonds. The summed E-state index contributed by atoms with van der Waals surface area (Å²) in [4.78, 5) is 15.9. The van der Waals surface area contributed by atoms with Crippen molar-refractivity contribution in [1.29, 1.82) is 0 Å². The first-order valence-corrected chi connectivity index (χ1v) is 7.29. The van der Waals surface area contributed by atoms with Crippen molar-refractivity contribution in [3.05, 3.63) is 65.9 Å². The summed E-state index contributed by atoms with van der Waals surface area (Å²) in [7, 11) is 0. The molecule has 23 heavy (non-hydrogen) atoms. The van der Waals surface area contributed by atoms with E-state index >= 15 is 0 Å². The molecule has 5 nitrogen and oxygen atoms in total. The van der Waals surface area contributed by atoms with Crippen LogP contribution in [0.15, 0.2) is 59.7 Å². The van der Waals surface area contributed by atoms with Crippen molar-refractivity contribution in [3.8, 4) is 0 Å². The summed E-state index contributed by atoms with van der Waals surface area (Å²) < 4.78 is 4.93. The number of benzene rings is 2. The molecule has 1 aliphatic heterocycles. The minimum absolute atomic E-state index is 0.331. The molecule has 1 N–H and O–H groups in total. The van der Waals surface area contributed by atoms with Gasteiger partial charge >= 0.3 is 5.97 Å². The largest absolute Gasteiger partial charge is 0.462 e. The summed E-state index contributed by atoms with van der Waals surface area (Å²) in [6.07, 6.45) is 3.30. The van der Waals surface area contributed by atoms with Gasteiger partial charge in [0.25, 0.3) is 0 Å². The van der Waals surface area contributed by atoms with Crippen LogP contribution >= 0.6 is 0 Å². The molecular formula is C18H16N2O3. The second-order valence-corrected chi connectivity index (χ2v) is 4.97. The van der Waals surface area contributed by atoms with Crippen molar-refractivity contribution < 1.29 is 14.7 Å². The minimum Gasteiger partial charge on any atom is -0.462 e. The number of carbonyl (C=O) groups excluding carboxylic acids is 1. The van der Waals surface area contributed by atoms with E-state index in [1.807, 2.05) is 24.3 Å². The molecule has 3 rings (SSSR count). The molecule has 0 atom stereocenters. The Hall–Kier alpha value is -2.92. The molecule has 1 aliphatic rings. The molecule has 2 aromatic rings. The SMILES string of the molecule is CCOC(=O)c1ccc(N(O)/C=C2\C=Nc3ccccc32)cc1. The lowest BCUT2D eigenvalue weighted by Crippen LogP contribution is -2.11. The van der Waals surface area contributed by atoms with Crippen molar-refractivity contribution in [2.45, 2.75) is 6.92 Å². The smallest absolute Gasteiger partial charge is 0.338 e. The van der Waals surface area contributed by atoms with Crippen LogP contribution in [-0.2, 0) is 4.74 Å². The molecule has 0 radical (unpaired) electrons. The lowest BCUT2D eigenvalue weighted by molar-refractivity contribution is 0.0526. The number of nitrogens with zero attached hydrogens (tertiary/aromatic N) is 2. The fourth-order valence-corrected chi connectivity index (χ4v) is 2.31. The molecular weight excluding hydrogens is 292 g/mol. The number of ether oxygens (including phenoxy) is 1. The van der Waals surface area contributed by atoms with Crippen molar-refractivity contribution in [2.24, 2.45) is 4.99 Å². The highest BCUT2D eigenvalue weighted by atomic mass is 16.5. The second kappa shape index (κ2) is 6.46. The topological polar surface area (TPSA) is 62.1 Å². The Morgan fingerprint density at radius 1 is 1.22 bits per heavy atom. The van der Waals surface area contributed by atoms with Gasteiger partial charge in [0.05, 0.1) is 23.5 Å². The first kappa shape index (κ1) is 15.0. The molecule has 0 unspecified atom stereocenters. The van der Waals surface area contributed by atoms with E-state index in [1.165, 1.54) is 0 Å². The molecule has 0 bridgehead atoms. The lowest BCUT2D eigenvalue weighted by atomic mass is 10.1. The van der Waals surface area contributed by atoms with Crippen LogP contribution in [0.3, 0.4) is 0 Å². The zero-order valence-electron chi connectivity index (χ0n) is 12.6. The third-order valence-electron chi connectivity index (χ3n) is 3.46. The van der Waals surface area contributed by atoms with Crippen molar-refractivity contribution >= 4 is 29.1 Å². The summed E-state index contributed by atoms with van der Waals surface area (Å²) in [6.45, 7) is 2.09. The first-order chi connectivity index (χ1) is 11.2. The van der Waals surface area contributed by atoms with E-state index in [2.05, 4.69) is 4.99 Å². The zero-order chi connectivity index (χ0) is 16.2. The van der Waals surface area contributed by atoms with Crippen LogP contribution in [0, 0.1) is 0 Å². The van der Waals surface area contributed by atoms with Gasteiger partial charge in [-0.2, -0.15) is 0 Å². The van der Waals surface area contributed by atoms with Crippen LogP contribution in [-0.4, -0.2) is 24.0 Å². The number of hydrogen-bond donors (Lipinski definition) is 1. The van der Waals surface area contributed by atoms with E-state index in [0.717, 1.165) is 21.9 Å². The summed E-state index contributed by atoms with van der Waals surface area (Å²) in [5.41, 5.74) is 3.66. The van der Waals surface area contributed by atoms with E-state index < -0.39 is 0 Å². The van der Waals surface area contributed by atoms with Gasteiger partial charge in [-0.05, 0) is 37.3 Å². The van der Waals surface area contributed by atoms with Crippen LogP contribution in [0.2, 0.25) is 0 Å². The van der Waals surface area contributed by atoms with Crippen LogP contribution in [0.1, 0.15) is 22.8 Å². The van der Waals surface area contributed by atoms with Crippen LogP contribution in [0.25, 0.3) is 5.57 Å². The molecule has 0 saturated heterocycles. The van der Waals surface area contributed by atoms with Gasteiger partial charge in [-0.3, -0.25) is 10.2 Å². The number of aliphatic imine (C=N–C) groups is 1. The zero-order valence-corrected chi connectivity index (χ0v) is 12.6. The predicted octanol–water partition coefficient (Wildman–Crippen LogP) is 3.82. The maximum atomic E-state index is 11.6. The number of allylic oxidation sites excluding steroid dienone is 1. The fraction of sp³-hybridized carbons (Fsp3) is 0.111. The fourth-order valence-electron chi connectivity index (χ4n) is 2.31. The van der Waals surface area contributed by atoms with E-state index in [-0.39, 0.29) is 5.97 Å². The lowest BCUT2D eigenvalue weighted by Gasteiger charge is -2.13. The normalized spacial score (nSPS) is 13.9. The Bertz CT molecular complexity index is 779. The van der Waals surface area contributed by atoms with Gasteiger partial charge in [-0.1, -0.05) is 18.2 Å². The Labute approximate surface area is 134 Å². The summed E-state index contributed by atoms with van der Waals surface area (Å²) >= 11 is 0. The van der Waals surface area contributed by atoms with Crippen LogP contribution in [0.5, 0.6) is 0 Å². The molecule has 0 aromatic heterocycles. The summed E-state index contributed by atoms with van der Waals surface area (Å²) in [5.74, 6) is -0.376. The molecule has 116 valence electrons.